The van der Waals surface area contributed by atoms with E-state index in [1.54, 1.807) is 25.2 Å². The number of hydrogen-bond acceptors (Lipinski definition) is 7. The van der Waals surface area contributed by atoms with Crippen LogP contribution in [-0.4, -0.2) is 37.3 Å². The maximum Gasteiger partial charge on any atom is 1.00 e. The third-order valence-corrected chi connectivity index (χ3v) is 7.15. The van der Waals surface area contributed by atoms with Gasteiger partial charge in [-0.1, -0.05) is 95.9 Å². The molecule has 31 heavy (non-hydrogen) atoms. The summed E-state index contributed by atoms with van der Waals surface area (Å²) in [7, 11) is -8.75. The first kappa shape index (κ1) is 36.8. The van der Waals surface area contributed by atoms with Gasteiger partial charge in [-0.2, -0.15) is 0 Å². The first-order valence-corrected chi connectivity index (χ1v) is 13.1. The Morgan fingerprint density at radius 3 is 1.65 bits per heavy atom. The molecule has 1 aliphatic rings. The maximum absolute atomic E-state index is 10.9. The minimum Gasteiger partial charge on any atom is -0.747 e. The quantitative estimate of drug-likeness (QED) is 0.130. The normalized spacial score (nSPS) is 20.2. The van der Waals surface area contributed by atoms with E-state index < -0.39 is 25.3 Å². The molecule has 2 unspecified atom stereocenters. The number of unbranched alkanes of at least 4 members (excludes halogenated alkanes) is 9. The van der Waals surface area contributed by atoms with E-state index in [4.69, 9.17) is 0 Å². The molecule has 0 saturated carbocycles. The largest absolute Gasteiger partial charge is 1.00 e. The van der Waals surface area contributed by atoms with E-state index in [0.717, 1.165) is 12.8 Å². The van der Waals surface area contributed by atoms with E-state index in [1.807, 2.05) is 0 Å². The summed E-state index contributed by atoms with van der Waals surface area (Å²) in [6.45, 7) is 5.40. The van der Waals surface area contributed by atoms with Crippen molar-refractivity contribution in [1.82, 2.24) is 0 Å². The predicted octanol–water partition coefficient (Wildman–Crippen LogP) is -1.56. The van der Waals surface area contributed by atoms with Crippen LogP contribution < -0.4 is 59.1 Å². The molecule has 0 N–H and O–H groups in total. The minimum absolute atomic E-state index is 0. The number of hydrogen-bond donors (Lipinski definition) is 0. The predicted molar refractivity (Wildman–Crippen MR) is 113 cm³/mol. The molecule has 172 valence electrons. The monoisotopic (exact) mass is 498 g/mol. The Balaban J connectivity index is -0.000000497. The van der Waals surface area contributed by atoms with Crippen LogP contribution in [0.4, 0.5) is 0 Å². The van der Waals surface area contributed by atoms with Crippen molar-refractivity contribution in [3.05, 3.63) is 24.3 Å². The maximum atomic E-state index is 10.9. The molecular formula is C20H36Na2O7S2. The molecule has 0 saturated heterocycles. The van der Waals surface area contributed by atoms with Crippen LogP contribution >= 0.6 is 0 Å². The summed E-state index contributed by atoms with van der Waals surface area (Å²) in [6.07, 6.45) is 18.2. The van der Waals surface area contributed by atoms with Crippen LogP contribution in [0, 0.1) is 5.92 Å². The molecule has 0 aromatic rings. The number of rotatable bonds is 13. The Hall–Kier alpha value is 1.26. The molecule has 1 aliphatic carbocycles. The summed E-state index contributed by atoms with van der Waals surface area (Å²) < 4.78 is 65.8. The molecule has 0 aromatic carbocycles. The summed E-state index contributed by atoms with van der Waals surface area (Å²) in [5.74, 6) is -0.259. The molecule has 0 aromatic heterocycles. The summed E-state index contributed by atoms with van der Waals surface area (Å²) in [4.78, 5) is 0. The molecule has 0 radical (unpaired) electrons. The summed E-state index contributed by atoms with van der Waals surface area (Å²) >= 11 is 0. The average Bonchev–Trinajstić information content (AvgIpc) is 2.61. The average molecular weight is 499 g/mol. The third kappa shape index (κ3) is 18.3. The SMILES string of the molecule is CC1C=CC=CC1(C)S(=O)(=O)[O-].CCCCCCCCCCCCOS(=O)(=O)[O-].[Na+].[Na+]. The first-order valence-electron chi connectivity index (χ1n) is 10.4. The smallest absolute Gasteiger partial charge is 0.747 e. The van der Waals surface area contributed by atoms with E-state index in [0.29, 0.717) is 6.42 Å². The van der Waals surface area contributed by atoms with Gasteiger partial charge in [-0.25, -0.2) is 16.8 Å². The van der Waals surface area contributed by atoms with E-state index in [2.05, 4.69) is 11.1 Å². The Labute approximate surface area is 234 Å². The molecule has 0 amide bonds. The zero-order chi connectivity index (χ0) is 22.4. The fourth-order valence-corrected chi connectivity index (χ4v) is 3.98. The summed E-state index contributed by atoms with van der Waals surface area (Å²) in [5, 5.41) is 0. The summed E-state index contributed by atoms with van der Waals surface area (Å²) in [6, 6.07) is 0. The van der Waals surface area contributed by atoms with Gasteiger partial charge in [-0.3, -0.25) is 4.18 Å². The molecule has 11 heteroatoms. The van der Waals surface area contributed by atoms with E-state index >= 15 is 0 Å². The van der Waals surface area contributed by atoms with Gasteiger partial charge in [0.15, 0.2) is 0 Å². The Morgan fingerprint density at radius 1 is 0.839 bits per heavy atom. The molecule has 0 heterocycles. The van der Waals surface area contributed by atoms with Crippen LogP contribution in [0.1, 0.15) is 85.0 Å². The fraction of sp³-hybridized carbons (Fsp3) is 0.800. The molecule has 0 spiro atoms. The van der Waals surface area contributed by atoms with Crippen LogP contribution in [-0.2, 0) is 24.7 Å². The van der Waals surface area contributed by atoms with Gasteiger partial charge in [0.2, 0.25) is 10.4 Å². The van der Waals surface area contributed by atoms with Crippen LogP contribution in [0.15, 0.2) is 24.3 Å². The van der Waals surface area contributed by atoms with Crippen molar-refractivity contribution in [2.45, 2.75) is 89.7 Å². The van der Waals surface area contributed by atoms with Crippen LogP contribution in [0.25, 0.3) is 0 Å². The second-order valence-corrected chi connectivity index (χ2v) is 10.4. The molecule has 0 fully saturated rings. The van der Waals surface area contributed by atoms with Crippen molar-refractivity contribution in [3.8, 4) is 0 Å². The second kappa shape index (κ2) is 19.6. The third-order valence-electron chi connectivity index (χ3n) is 5.11. The van der Waals surface area contributed by atoms with Crippen molar-refractivity contribution in [1.29, 1.82) is 0 Å². The molecule has 7 nitrogen and oxygen atoms in total. The van der Waals surface area contributed by atoms with E-state index in [1.165, 1.54) is 57.9 Å². The van der Waals surface area contributed by atoms with Crippen molar-refractivity contribution in [2.24, 2.45) is 5.92 Å². The minimum atomic E-state index is -4.48. The van der Waals surface area contributed by atoms with E-state index in [-0.39, 0.29) is 71.6 Å². The molecule has 0 aliphatic heterocycles. The van der Waals surface area contributed by atoms with Crippen molar-refractivity contribution in [3.63, 3.8) is 0 Å². The zero-order valence-electron chi connectivity index (χ0n) is 19.8. The van der Waals surface area contributed by atoms with Gasteiger partial charge in [-0.05, 0) is 19.3 Å². The second-order valence-electron chi connectivity index (χ2n) is 7.58. The molecule has 1 rings (SSSR count). The number of allylic oxidation sites excluding steroid dienone is 3. The summed E-state index contributed by atoms with van der Waals surface area (Å²) in [5.41, 5.74) is 0. The van der Waals surface area contributed by atoms with Crippen molar-refractivity contribution in [2.75, 3.05) is 6.61 Å². The Morgan fingerprint density at radius 2 is 1.29 bits per heavy atom. The zero-order valence-corrected chi connectivity index (χ0v) is 25.5. The fourth-order valence-electron chi connectivity index (χ4n) is 2.88. The first-order chi connectivity index (χ1) is 13.4. The standard InChI is InChI=1S/C12H26O4S.C8H12O3S.2Na/c1-2-3-4-5-6-7-8-9-10-11-12-16-17(13,14)15;1-7-5-3-4-6-8(7,2)12(9,10)11;;/h2-12H2,1H3,(H,13,14,15);3-7H,1-2H3,(H,9,10,11);;/q;;2*+1/p-2. The van der Waals surface area contributed by atoms with Gasteiger partial charge in [-0.15, -0.1) is 0 Å². The van der Waals surface area contributed by atoms with Gasteiger partial charge < -0.3 is 9.11 Å². The molecule has 2 atom stereocenters. The van der Waals surface area contributed by atoms with Gasteiger partial charge in [0, 0.05) is 0 Å². The Kier molecular flexibility index (Phi) is 23.2. The van der Waals surface area contributed by atoms with Crippen LogP contribution in [0.3, 0.4) is 0 Å². The Bertz CT molecular complexity index is 707. The van der Waals surface area contributed by atoms with Gasteiger partial charge >= 0.3 is 59.1 Å². The van der Waals surface area contributed by atoms with Gasteiger partial charge in [0.05, 0.1) is 11.4 Å². The van der Waals surface area contributed by atoms with Gasteiger partial charge in [0.1, 0.15) is 10.1 Å². The van der Waals surface area contributed by atoms with Crippen LogP contribution in [0.2, 0.25) is 0 Å². The topological polar surface area (TPSA) is 124 Å². The van der Waals surface area contributed by atoms with Crippen molar-refractivity contribution >= 4 is 20.5 Å². The van der Waals surface area contributed by atoms with Crippen molar-refractivity contribution < 1.29 is 89.2 Å². The van der Waals surface area contributed by atoms with Gasteiger partial charge in [0.25, 0.3) is 0 Å². The van der Waals surface area contributed by atoms with Crippen LogP contribution in [0.5, 0.6) is 0 Å². The molecule has 0 bridgehead atoms. The molecular weight excluding hydrogens is 462 g/mol. The van der Waals surface area contributed by atoms with E-state index in [9.17, 15) is 25.9 Å².